The molecule has 1 heterocycles. The topological polar surface area (TPSA) is 15.7 Å². The van der Waals surface area contributed by atoms with Crippen LogP contribution in [-0.2, 0) is 0 Å². The van der Waals surface area contributed by atoms with Gasteiger partial charge in [-0.15, -0.1) is 0 Å². The predicted molar refractivity (Wildman–Crippen MR) is 61.0 cm³/mol. The van der Waals surface area contributed by atoms with Gasteiger partial charge in [0.1, 0.15) is 5.75 Å². The molecule has 0 atom stereocenters. The van der Waals surface area contributed by atoms with Gasteiger partial charge in [0, 0.05) is 13.1 Å². The highest BCUT2D eigenvalue weighted by Crippen LogP contribution is 2.28. The van der Waals surface area contributed by atoms with Gasteiger partial charge in [-0.05, 0) is 31.8 Å². The SMILES string of the molecule is COc1cccc(C2N(C)CCN2C)c1. The van der Waals surface area contributed by atoms with Gasteiger partial charge in [-0.3, -0.25) is 9.80 Å². The molecule has 1 saturated heterocycles. The number of nitrogens with zero attached hydrogens (tertiary/aromatic N) is 2. The number of ether oxygens (including phenoxy) is 1. The molecule has 15 heavy (non-hydrogen) atoms. The van der Waals surface area contributed by atoms with E-state index < -0.39 is 0 Å². The Hall–Kier alpha value is -1.06. The van der Waals surface area contributed by atoms with E-state index in [0.29, 0.717) is 6.17 Å². The first-order valence-corrected chi connectivity index (χ1v) is 5.27. The Kier molecular flexibility index (Phi) is 2.93. The summed E-state index contributed by atoms with van der Waals surface area (Å²) < 4.78 is 5.25. The normalized spacial score (nSPS) is 19.7. The molecule has 1 aliphatic heterocycles. The highest BCUT2D eigenvalue weighted by atomic mass is 16.5. The minimum atomic E-state index is 0.389. The average molecular weight is 206 g/mol. The number of likely N-dealkylation sites (N-methyl/N-ethyl adjacent to an activating group) is 2. The molecule has 3 nitrogen and oxygen atoms in total. The van der Waals surface area contributed by atoms with E-state index in [9.17, 15) is 0 Å². The maximum atomic E-state index is 5.25. The lowest BCUT2D eigenvalue weighted by Crippen LogP contribution is -2.25. The quantitative estimate of drug-likeness (QED) is 0.730. The van der Waals surface area contributed by atoms with Crippen molar-refractivity contribution in [1.29, 1.82) is 0 Å². The van der Waals surface area contributed by atoms with Crippen molar-refractivity contribution < 1.29 is 4.74 Å². The van der Waals surface area contributed by atoms with Crippen LogP contribution in [0.15, 0.2) is 24.3 Å². The van der Waals surface area contributed by atoms with Gasteiger partial charge in [-0.2, -0.15) is 0 Å². The molecule has 1 fully saturated rings. The first kappa shape index (κ1) is 10.5. The standard InChI is InChI=1S/C12H18N2O/c1-13-7-8-14(2)12(13)10-5-4-6-11(9-10)15-3/h4-6,9,12H,7-8H2,1-3H3. The Labute approximate surface area is 91.2 Å². The van der Waals surface area contributed by atoms with Crippen molar-refractivity contribution in [2.75, 3.05) is 34.3 Å². The zero-order chi connectivity index (χ0) is 10.8. The summed E-state index contributed by atoms with van der Waals surface area (Å²) in [5.74, 6) is 0.932. The Morgan fingerprint density at radius 2 is 1.87 bits per heavy atom. The van der Waals surface area contributed by atoms with Crippen LogP contribution in [0, 0.1) is 0 Å². The van der Waals surface area contributed by atoms with Crippen LogP contribution in [0.2, 0.25) is 0 Å². The molecule has 0 saturated carbocycles. The number of benzene rings is 1. The molecule has 0 N–H and O–H groups in total. The fraction of sp³-hybridized carbons (Fsp3) is 0.500. The van der Waals surface area contributed by atoms with E-state index in [1.807, 2.05) is 12.1 Å². The second kappa shape index (κ2) is 4.21. The van der Waals surface area contributed by atoms with Crippen molar-refractivity contribution in [3.05, 3.63) is 29.8 Å². The van der Waals surface area contributed by atoms with E-state index in [1.165, 1.54) is 5.56 Å². The maximum Gasteiger partial charge on any atom is 0.119 e. The van der Waals surface area contributed by atoms with E-state index in [4.69, 9.17) is 4.74 Å². The van der Waals surface area contributed by atoms with Crippen molar-refractivity contribution in [3.8, 4) is 5.75 Å². The van der Waals surface area contributed by atoms with Crippen LogP contribution in [0.5, 0.6) is 5.75 Å². The molecule has 0 aliphatic carbocycles. The van der Waals surface area contributed by atoms with E-state index in [1.54, 1.807) is 7.11 Å². The van der Waals surface area contributed by atoms with E-state index in [-0.39, 0.29) is 0 Å². The Morgan fingerprint density at radius 1 is 1.20 bits per heavy atom. The highest BCUT2D eigenvalue weighted by Gasteiger charge is 2.27. The van der Waals surface area contributed by atoms with Crippen LogP contribution < -0.4 is 4.74 Å². The van der Waals surface area contributed by atoms with Gasteiger partial charge in [0.05, 0.1) is 13.3 Å². The van der Waals surface area contributed by atoms with Crippen LogP contribution >= 0.6 is 0 Å². The zero-order valence-electron chi connectivity index (χ0n) is 9.60. The summed E-state index contributed by atoms with van der Waals surface area (Å²) in [5, 5.41) is 0. The molecule has 0 amide bonds. The first-order chi connectivity index (χ1) is 7.22. The molecule has 3 heteroatoms. The van der Waals surface area contributed by atoms with Crippen LogP contribution in [0.25, 0.3) is 0 Å². The largest absolute Gasteiger partial charge is 0.497 e. The molecule has 2 rings (SSSR count). The maximum absolute atomic E-state index is 5.25. The molecular formula is C12H18N2O. The van der Waals surface area contributed by atoms with Crippen LogP contribution in [0.1, 0.15) is 11.7 Å². The number of hydrogen-bond acceptors (Lipinski definition) is 3. The monoisotopic (exact) mass is 206 g/mol. The molecule has 0 unspecified atom stereocenters. The van der Waals surface area contributed by atoms with Gasteiger partial charge in [0.2, 0.25) is 0 Å². The third-order valence-electron chi connectivity index (χ3n) is 3.03. The van der Waals surface area contributed by atoms with Crippen molar-refractivity contribution in [1.82, 2.24) is 9.80 Å². The Morgan fingerprint density at radius 3 is 2.47 bits per heavy atom. The summed E-state index contributed by atoms with van der Waals surface area (Å²) in [5.41, 5.74) is 1.30. The molecule has 0 radical (unpaired) electrons. The van der Waals surface area contributed by atoms with Crippen molar-refractivity contribution in [2.24, 2.45) is 0 Å². The molecule has 1 aliphatic rings. The summed E-state index contributed by atoms with van der Waals surface area (Å²) in [4.78, 5) is 4.71. The second-order valence-corrected chi connectivity index (χ2v) is 4.11. The van der Waals surface area contributed by atoms with Crippen LogP contribution in [0.3, 0.4) is 0 Å². The van der Waals surface area contributed by atoms with Crippen LogP contribution in [-0.4, -0.2) is 44.1 Å². The Balaban J connectivity index is 2.27. The minimum Gasteiger partial charge on any atom is -0.497 e. The van der Waals surface area contributed by atoms with Gasteiger partial charge in [0.25, 0.3) is 0 Å². The summed E-state index contributed by atoms with van der Waals surface area (Å²) in [6, 6.07) is 8.31. The van der Waals surface area contributed by atoms with E-state index >= 15 is 0 Å². The molecule has 1 aromatic carbocycles. The third-order valence-corrected chi connectivity index (χ3v) is 3.03. The molecule has 0 bridgehead atoms. The van der Waals surface area contributed by atoms with E-state index in [0.717, 1.165) is 18.8 Å². The third kappa shape index (κ3) is 1.98. The van der Waals surface area contributed by atoms with E-state index in [2.05, 4.69) is 36.0 Å². The number of methoxy groups -OCH3 is 1. The fourth-order valence-corrected chi connectivity index (χ4v) is 2.21. The molecule has 82 valence electrons. The van der Waals surface area contributed by atoms with Gasteiger partial charge in [0.15, 0.2) is 0 Å². The fourth-order valence-electron chi connectivity index (χ4n) is 2.21. The predicted octanol–water partition coefficient (Wildman–Crippen LogP) is 1.57. The second-order valence-electron chi connectivity index (χ2n) is 4.11. The molecule has 1 aromatic rings. The molecule has 0 aromatic heterocycles. The molecule has 0 spiro atoms. The lowest BCUT2D eigenvalue weighted by atomic mass is 10.1. The number of hydrogen-bond donors (Lipinski definition) is 0. The zero-order valence-corrected chi connectivity index (χ0v) is 9.60. The van der Waals surface area contributed by atoms with Gasteiger partial charge in [-0.1, -0.05) is 12.1 Å². The van der Waals surface area contributed by atoms with Gasteiger partial charge < -0.3 is 4.74 Å². The average Bonchev–Trinajstić information content (AvgIpc) is 2.59. The highest BCUT2D eigenvalue weighted by molar-refractivity contribution is 5.30. The summed E-state index contributed by atoms with van der Waals surface area (Å²) >= 11 is 0. The number of rotatable bonds is 2. The summed E-state index contributed by atoms with van der Waals surface area (Å²) in [7, 11) is 6.03. The molecular weight excluding hydrogens is 188 g/mol. The van der Waals surface area contributed by atoms with Crippen LogP contribution in [0.4, 0.5) is 0 Å². The smallest absolute Gasteiger partial charge is 0.119 e. The van der Waals surface area contributed by atoms with Gasteiger partial charge >= 0.3 is 0 Å². The van der Waals surface area contributed by atoms with Gasteiger partial charge in [-0.25, -0.2) is 0 Å². The van der Waals surface area contributed by atoms with Crippen molar-refractivity contribution in [3.63, 3.8) is 0 Å². The Bertz CT molecular complexity index is 330. The first-order valence-electron chi connectivity index (χ1n) is 5.27. The minimum absolute atomic E-state index is 0.389. The van der Waals surface area contributed by atoms with Crippen molar-refractivity contribution >= 4 is 0 Å². The van der Waals surface area contributed by atoms with Crippen molar-refractivity contribution in [2.45, 2.75) is 6.17 Å². The lowest BCUT2D eigenvalue weighted by Gasteiger charge is -2.25. The lowest BCUT2D eigenvalue weighted by molar-refractivity contribution is 0.190. The summed E-state index contributed by atoms with van der Waals surface area (Å²) in [6.07, 6.45) is 0.389. The summed E-state index contributed by atoms with van der Waals surface area (Å²) in [6.45, 7) is 2.25.